The smallest absolute Gasteiger partial charge is 0.343 e. The highest BCUT2D eigenvalue weighted by molar-refractivity contribution is 8.03. The summed E-state index contributed by atoms with van der Waals surface area (Å²) in [5.41, 5.74) is -1.03. The average Bonchev–Trinajstić information content (AvgIpc) is 3.07. The summed E-state index contributed by atoms with van der Waals surface area (Å²) in [6.07, 6.45) is 3.94. The van der Waals surface area contributed by atoms with Crippen molar-refractivity contribution in [1.82, 2.24) is 5.32 Å². The van der Waals surface area contributed by atoms with Crippen LogP contribution in [0.5, 0.6) is 0 Å². The molecule has 2 aliphatic heterocycles. The monoisotopic (exact) mass is 347 g/mol. The molecule has 0 aliphatic carbocycles. The van der Waals surface area contributed by atoms with Crippen LogP contribution in [0.4, 0.5) is 0 Å². The van der Waals surface area contributed by atoms with Crippen molar-refractivity contribution in [1.29, 1.82) is 0 Å². The fourth-order valence-corrected chi connectivity index (χ4v) is 4.43. The van der Waals surface area contributed by atoms with Gasteiger partial charge in [-0.25, -0.2) is 4.79 Å². The van der Waals surface area contributed by atoms with E-state index in [1.807, 2.05) is 36.6 Å². The molecule has 0 bridgehead atoms. The molecule has 24 heavy (non-hydrogen) atoms. The molecule has 3 atom stereocenters. The van der Waals surface area contributed by atoms with Crippen molar-refractivity contribution in [2.75, 3.05) is 19.7 Å². The quantitative estimate of drug-likeness (QED) is 0.802. The van der Waals surface area contributed by atoms with Gasteiger partial charge in [0.2, 0.25) is 0 Å². The fourth-order valence-electron chi connectivity index (χ4n) is 3.46. The van der Waals surface area contributed by atoms with Crippen LogP contribution in [0.1, 0.15) is 25.3 Å². The Morgan fingerprint density at radius 2 is 2.04 bits per heavy atom. The van der Waals surface area contributed by atoms with Gasteiger partial charge in [-0.05, 0) is 42.8 Å². The standard InChI is InChI=1S/C19H25NO3S/c1-14-17(9-12-24-14)19(22,16-5-3-2-4-6-16)18(21)23-13-15-7-10-20-11-8-15/h2-6,9,12,14-15,17,20,22H,7-8,10-11,13H2,1H3. The van der Waals surface area contributed by atoms with Gasteiger partial charge < -0.3 is 15.2 Å². The molecule has 0 saturated carbocycles. The molecule has 2 heterocycles. The minimum absolute atomic E-state index is 0.127. The fraction of sp³-hybridized carbons (Fsp3) is 0.526. The summed E-state index contributed by atoms with van der Waals surface area (Å²) < 4.78 is 5.60. The number of hydrogen-bond donors (Lipinski definition) is 2. The molecule has 3 unspecified atom stereocenters. The van der Waals surface area contributed by atoms with Gasteiger partial charge in [0.05, 0.1) is 6.61 Å². The lowest BCUT2D eigenvalue weighted by Crippen LogP contribution is -2.46. The number of esters is 1. The van der Waals surface area contributed by atoms with Crippen LogP contribution < -0.4 is 5.32 Å². The second-order valence-electron chi connectivity index (χ2n) is 6.62. The molecule has 0 aromatic heterocycles. The Morgan fingerprint density at radius 1 is 1.33 bits per heavy atom. The van der Waals surface area contributed by atoms with Crippen LogP contribution in [0.25, 0.3) is 0 Å². The number of rotatable bonds is 5. The first-order valence-corrected chi connectivity index (χ1v) is 9.54. The van der Waals surface area contributed by atoms with Gasteiger partial charge in [0.25, 0.3) is 0 Å². The highest BCUT2D eigenvalue weighted by Gasteiger charge is 2.49. The van der Waals surface area contributed by atoms with Crippen LogP contribution in [-0.2, 0) is 15.1 Å². The van der Waals surface area contributed by atoms with E-state index >= 15 is 0 Å². The van der Waals surface area contributed by atoms with Crippen molar-refractivity contribution in [3.63, 3.8) is 0 Å². The van der Waals surface area contributed by atoms with Crippen molar-refractivity contribution >= 4 is 17.7 Å². The topological polar surface area (TPSA) is 58.6 Å². The van der Waals surface area contributed by atoms with Gasteiger partial charge in [0.1, 0.15) is 0 Å². The van der Waals surface area contributed by atoms with Crippen LogP contribution in [0.15, 0.2) is 41.8 Å². The number of nitrogens with one attached hydrogen (secondary N) is 1. The summed E-state index contributed by atoms with van der Waals surface area (Å²) in [5.74, 6) is -0.442. The van der Waals surface area contributed by atoms with Crippen molar-refractivity contribution in [2.45, 2.75) is 30.6 Å². The highest BCUT2D eigenvalue weighted by atomic mass is 32.2. The first-order chi connectivity index (χ1) is 11.6. The highest BCUT2D eigenvalue weighted by Crippen LogP contribution is 2.42. The van der Waals surface area contributed by atoms with E-state index in [0.717, 1.165) is 25.9 Å². The molecule has 0 spiro atoms. The maximum atomic E-state index is 12.9. The van der Waals surface area contributed by atoms with E-state index in [-0.39, 0.29) is 11.2 Å². The Hall–Kier alpha value is -1.30. The number of carbonyl (C=O) groups is 1. The van der Waals surface area contributed by atoms with Crippen molar-refractivity contribution in [3.05, 3.63) is 47.4 Å². The van der Waals surface area contributed by atoms with Gasteiger partial charge in [0, 0.05) is 11.2 Å². The number of piperidine rings is 1. The van der Waals surface area contributed by atoms with Crippen molar-refractivity contribution in [3.8, 4) is 0 Å². The first-order valence-electron chi connectivity index (χ1n) is 8.60. The maximum Gasteiger partial charge on any atom is 0.343 e. The zero-order chi connectivity index (χ0) is 17.0. The third kappa shape index (κ3) is 3.53. The number of carbonyl (C=O) groups excluding carboxylic acids is 1. The van der Waals surface area contributed by atoms with Gasteiger partial charge in [-0.3, -0.25) is 0 Å². The molecule has 2 N–H and O–H groups in total. The normalized spacial score (nSPS) is 26.9. The zero-order valence-electron chi connectivity index (χ0n) is 14.0. The molecule has 130 valence electrons. The second-order valence-corrected chi connectivity index (χ2v) is 7.91. The molecule has 0 amide bonds. The molecule has 5 heteroatoms. The van der Waals surface area contributed by atoms with E-state index in [2.05, 4.69) is 5.32 Å². The molecule has 0 radical (unpaired) electrons. The number of benzene rings is 1. The van der Waals surface area contributed by atoms with Crippen LogP contribution >= 0.6 is 11.8 Å². The van der Waals surface area contributed by atoms with Crippen molar-refractivity contribution < 1.29 is 14.6 Å². The molecule has 4 nitrogen and oxygen atoms in total. The summed E-state index contributed by atoms with van der Waals surface area (Å²) in [6, 6.07) is 9.17. The summed E-state index contributed by atoms with van der Waals surface area (Å²) >= 11 is 1.63. The second kappa shape index (κ2) is 7.72. The average molecular weight is 347 g/mol. The van der Waals surface area contributed by atoms with E-state index in [4.69, 9.17) is 4.74 Å². The molecular weight excluding hydrogens is 322 g/mol. The first kappa shape index (κ1) is 17.5. The van der Waals surface area contributed by atoms with E-state index in [1.165, 1.54) is 0 Å². The Bertz CT molecular complexity index is 586. The lowest BCUT2D eigenvalue weighted by atomic mass is 9.79. The maximum absolute atomic E-state index is 12.9. The summed E-state index contributed by atoms with van der Waals surface area (Å²) in [7, 11) is 0. The van der Waals surface area contributed by atoms with Crippen LogP contribution in [-0.4, -0.2) is 36.0 Å². The zero-order valence-corrected chi connectivity index (χ0v) is 14.8. The number of aliphatic hydroxyl groups is 1. The minimum atomic E-state index is -1.63. The number of thioether (sulfide) groups is 1. The van der Waals surface area contributed by atoms with Gasteiger partial charge in [-0.1, -0.05) is 43.3 Å². The lowest BCUT2D eigenvalue weighted by molar-refractivity contribution is -0.173. The summed E-state index contributed by atoms with van der Waals surface area (Å²) in [6.45, 7) is 4.34. The Morgan fingerprint density at radius 3 is 2.67 bits per heavy atom. The molecule has 1 saturated heterocycles. The van der Waals surface area contributed by atoms with Gasteiger partial charge in [-0.2, -0.15) is 0 Å². The predicted octanol–water partition coefficient (Wildman–Crippen LogP) is 2.68. The molecular formula is C19H25NO3S. The largest absolute Gasteiger partial charge is 0.463 e. The van der Waals surface area contributed by atoms with Crippen molar-refractivity contribution in [2.24, 2.45) is 11.8 Å². The summed E-state index contributed by atoms with van der Waals surface area (Å²) in [5, 5.41) is 16.8. The van der Waals surface area contributed by atoms with Crippen LogP contribution in [0.2, 0.25) is 0 Å². The van der Waals surface area contributed by atoms with E-state index in [1.54, 1.807) is 23.9 Å². The Labute approximate surface area is 147 Å². The molecule has 1 aromatic rings. The molecule has 3 rings (SSSR count). The van der Waals surface area contributed by atoms with E-state index in [0.29, 0.717) is 18.1 Å². The minimum Gasteiger partial charge on any atom is -0.463 e. The van der Waals surface area contributed by atoms with E-state index in [9.17, 15) is 9.90 Å². The SMILES string of the molecule is CC1SC=CC1C(O)(C(=O)OCC1CCNCC1)c1ccccc1. The predicted molar refractivity (Wildman–Crippen MR) is 96.6 cm³/mol. The molecule has 2 aliphatic rings. The number of hydrogen-bond acceptors (Lipinski definition) is 5. The third-order valence-corrected chi connectivity index (χ3v) is 6.04. The number of ether oxygens (including phenoxy) is 1. The third-order valence-electron chi connectivity index (χ3n) is 5.00. The molecule has 1 fully saturated rings. The molecule has 1 aromatic carbocycles. The lowest BCUT2D eigenvalue weighted by Gasteiger charge is -2.34. The summed E-state index contributed by atoms with van der Waals surface area (Å²) in [4.78, 5) is 12.9. The van der Waals surface area contributed by atoms with E-state index < -0.39 is 11.6 Å². The van der Waals surface area contributed by atoms with Crippen LogP contribution in [0.3, 0.4) is 0 Å². The van der Waals surface area contributed by atoms with Gasteiger partial charge in [-0.15, -0.1) is 11.8 Å². The Balaban J connectivity index is 1.79. The van der Waals surface area contributed by atoms with Crippen LogP contribution in [0, 0.1) is 11.8 Å². The Kier molecular flexibility index (Phi) is 5.64. The van der Waals surface area contributed by atoms with Gasteiger partial charge >= 0.3 is 5.97 Å². The van der Waals surface area contributed by atoms with Gasteiger partial charge in [0.15, 0.2) is 5.60 Å².